The molecule has 4 heteroatoms. The quantitative estimate of drug-likeness (QED) is 0.862. The molecule has 3 nitrogen and oxygen atoms in total. The first-order valence-electron chi connectivity index (χ1n) is 5.31. The summed E-state index contributed by atoms with van der Waals surface area (Å²) < 4.78 is 4.32. The van der Waals surface area contributed by atoms with Gasteiger partial charge in [0.2, 0.25) is 0 Å². The zero-order chi connectivity index (χ0) is 11.0. The molecule has 0 fully saturated rings. The van der Waals surface area contributed by atoms with E-state index >= 15 is 0 Å². The second-order valence-corrected chi connectivity index (χ2v) is 4.97. The molecule has 0 amide bonds. The van der Waals surface area contributed by atoms with Gasteiger partial charge < -0.3 is 5.73 Å². The molecule has 1 aliphatic heterocycles. The van der Waals surface area contributed by atoms with Crippen molar-refractivity contribution in [2.75, 3.05) is 5.73 Å². The Balaban J connectivity index is 1.72. The van der Waals surface area contributed by atoms with Gasteiger partial charge in [-0.25, -0.2) is 0 Å². The number of nitrogens with two attached hydrogens (primary N) is 1. The Morgan fingerprint density at radius 1 is 1.25 bits per heavy atom. The predicted octanol–water partition coefficient (Wildman–Crippen LogP) is 2.24. The lowest BCUT2D eigenvalue weighted by atomic mass is 10.1. The molecule has 3 rings (SSSR count). The largest absolute Gasteiger partial charge is 0.389 e. The van der Waals surface area contributed by atoms with Gasteiger partial charge in [-0.1, -0.05) is 24.3 Å². The number of anilines is 1. The summed E-state index contributed by atoms with van der Waals surface area (Å²) in [5, 5.41) is 0.798. The number of nitrogen functional groups attached to an aromatic ring is 1. The maximum Gasteiger partial charge on any atom is 0.107 e. The van der Waals surface area contributed by atoms with Crippen molar-refractivity contribution in [2.45, 2.75) is 19.6 Å². The van der Waals surface area contributed by atoms with E-state index < -0.39 is 0 Å². The Kier molecular flexibility index (Phi) is 2.38. The van der Waals surface area contributed by atoms with Crippen LogP contribution >= 0.6 is 11.5 Å². The van der Waals surface area contributed by atoms with Crippen LogP contribution < -0.4 is 5.73 Å². The first-order valence-corrected chi connectivity index (χ1v) is 6.09. The summed E-state index contributed by atoms with van der Waals surface area (Å²) in [6, 6.07) is 10.6. The van der Waals surface area contributed by atoms with E-state index in [-0.39, 0.29) is 0 Å². The van der Waals surface area contributed by atoms with Gasteiger partial charge in [-0.2, -0.15) is 4.37 Å². The summed E-state index contributed by atoms with van der Waals surface area (Å²) in [4.78, 5) is 2.39. The van der Waals surface area contributed by atoms with Crippen LogP contribution in [0.25, 0.3) is 0 Å². The lowest BCUT2D eigenvalue weighted by Gasteiger charge is -2.12. The Morgan fingerprint density at radius 3 is 2.50 bits per heavy atom. The molecular weight excluding hydrogens is 218 g/mol. The number of aromatic nitrogens is 1. The highest BCUT2D eigenvalue weighted by atomic mass is 32.1. The molecule has 0 spiro atoms. The number of hydrogen-bond acceptors (Lipinski definition) is 4. The second-order valence-electron chi connectivity index (χ2n) is 4.13. The normalized spacial score (nSPS) is 15.2. The zero-order valence-electron chi connectivity index (χ0n) is 8.89. The molecule has 2 aromatic rings. The van der Waals surface area contributed by atoms with Crippen molar-refractivity contribution in [1.82, 2.24) is 9.27 Å². The van der Waals surface area contributed by atoms with E-state index in [4.69, 9.17) is 5.73 Å². The molecule has 0 saturated heterocycles. The van der Waals surface area contributed by atoms with Gasteiger partial charge in [0.1, 0.15) is 5.00 Å². The predicted molar refractivity (Wildman–Crippen MR) is 65.9 cm³/mol. The Bertz CT molecular complexity index is 481. The first-order chi connectivity index (χ1) is 7.81. The van der Waals surface area contributed by atoms with Crippen LogP contribution in [0.3, 0.4) is 0 Å². The molecule has 16 heavy (non-hydrogen) atoms. The molecule has 1 aliphatic rings. The highest BCUT2D eigenvalue weighted by molar-refractivity contribution is 7.10. The number of rotatable bonds is 2. The van der Waals surface area contributed by atoms with Crippen LogP contribution in [0, 0.1) is 0 Å². The molecule has 0 unspecified atom stereocenters. The summed E-state index contributed by atoms with van der Waals surface area (Å²) in [5.74, 6) is 0. The number of nitrogens with zero attached hydrogens (tertiary/aromatic N) is 2. The van der Waals surface area contributed by atoms with Gasteiger partial charge in [-0.15, -0.1) is 0 Å². The van der Waals surface area contributed by atoms with Crippen molar-refractivity contribution in [3.05, 3.63) is 47.2 Å². The molecule has 1 aromatic heterocycles. The first kappa shape index (κ1) is 9.81. The maximum atomic E-state index is 5.67. The van der Waals surface area contributed by atoms with E-state index in [1.807, 2.05) is 6.07 Å². The van der Waals surface area contributed by atoms with Crippen molar-refractivity contribution < 1.29 is 0 Å². The van der Waals surface area contributed by atoms with Gasteiger partial charge >= 0.3 is 0 Å². The summed E-state index contributed by atoms with van der Waals surface area (Å²) in [7, 11) is 0. The summed E-state index contributed by atoms with van der Waals surface area (Å²) >= 11 is 1.37. The summed E-state index contributed by atoms with van der Waals surface area (Å²) in [6.45, 7) is 2.93. The number of benzene rings is 1. The van der Waals surface area contributed by atoms with E-state index in [0.717, 1.165) is 30.3 Å². The fourth-order valence-corrected chi connectivity index (χ4v) is 2.67. The van der Waals surface area contributed by atoms with Crippen molar-refractivity contribution >= 4 is 16.5 Å². The highest BCUT2D eigenvalue weighted by Gasteiger charge is 2.18. The van der Waals surface area contributed by atoms with Crippen molar-refractivity contribution in [3.8, 4) is 0 Å². The molecule has 0 aliphatic carbocycles. The van der Waals surface area contributed by atoms with Crippen LogP contribution in [0.4, 0.5) is 5.00 Å². The topological polar surface area (TPSA) is 42.1 Å². The zero-order valence-corrected chi connectivity index (χ0v) is 9.70. The average molecular weight is 231 g/mol. The van der Waals surface area contributed by atoms with Gasteiger partial charge in [0.05, 0.1) is 5.69 Å². The van der Waals surface area contributed by atoms with Gasteiger partial charge in [0.25, 0.3) is 0 Å². The molecular formula is C12H13N3S. The lowest BCUT2D eigenvalue weighted by Crippen LogP contribution is -2.15. The van der Waals surface area contributed by atoms with Crippen LogP contribution in [-0.4, -0.2) is 9.27 Å². The smallest absolute Gasteiger partial charge is 0.107 e. The standard InChI is InChI=1S/C12H13N3S/c13-12-5-11(14-16-12)8-15-6-9-3-1-2-4-10(9)7-15/h1-5H,6-8,13H2. The van der Waals surface area contributed by atoms with Gasteiger partial charge in [0, 0.05) is 19.6 Å². The average Bonchev–Trinajstić information content (AvgIpc) is 2.84. The van der Waals surface area contributed by atoms with Crippen molar-refractivity contribution in [1.29, 1.82) is 0 Å². The fourth-order valence-electron chi connectivity index (χ4n) is 2.15. The van der Waals surface area contributed by atoms with Crippen molar-refractivity contribution in [2.24, 2.45) is 0 Å². The third-order valence-corrected chi connectivity index (χ3v) is 3.52. The van der Waals surface area contributed by atoms with Gasteiger partial charge in [0.15, 0.2) is 0 Å². The maximum absolute atomic E-state index is 5.67. The van der Waals surface area contributed by atoms with E-state index in [2.05, 4.69) is 33.5 Å². The minimum Gasteiger partial charge on any atom is -0.389 e. The molecule has 0 saturated carbocycles. The Morgan fingerprint density at radius 2 is 1.94 bits per heavy atom. The lowest BCUT2D eigenvalue weighted by molar-refractivity contribution is 0.273. The summed E-state index contributed by atoms with van der Waals surface area (Å²) in [6.07, 6.45) is 0. The minimum absolute atomic E-state index is 0.798. The number of fused-ring (bicyclic) bond motifs is 1. The van der Waals surface area contributed by atoms with E-state index in [9.17, 15) is 0 Å². The van der Waals surface area contributed by atoms with E-state index in [1.165, 1.54) is 22.7 Å². The summed E-state index contributed by atoms with van der Waals surface area (Å²) in [5.41, 5.74) is 9.63. The highest BCUT2D eigenvalue weighted by Crippen LogP contribution is 2.24. The van der Waals surface area contributed by atoms with Gasteiger partial charge in [-0.05, 0) is 28.7 Å². The number of hydrogen-bond donors (Lipinski definition) is 1. The van der Waals surface area contributed by atoms with Crippen LogP contribution in [0.2, 0.25) is 0 Å². The molecule has 0 atom stereocenters. The van der Waals surface area contributed by atoms with Crippen LogP contribution in [-0.2, 0) is 19.6 Å². The Labute approximate surface area is 98.7 Å². The van der Waals surface area contributed by atoms with Crippen molar-refractivity contribution in [3.63, 3.8) is 0 Å². The fraction of sp³-hybridized carbons (Fsp3) is 0.250. The second kappa shape index (κ2) is 3.88. The molecule has 2 heterocycles. The van der Waals surface area contributed by atoms with Crippen LogP contribution in [0.5, 0.6) is 0 Å². The molecule has 1 aromatic carbocycles. The molecule has 0 bridgehead atoms. The van der Waals surface area contributed by atoms with Gasteiger partial charge in [-0.3, -0.25) is 4.90 Å². The third kappa shape index (κ3) is 1.81. The SMILES string of the molecule is Nc1cc(CN2Cc3ccccc3C2)ns1. The Hall–Kier alpha value is -1.39. The van der Waals surface area contributed by atoms with Crippen LogP contribution in [0.1, 0.15) is 16.8 Å². The van der Waals surface area contributed by atoms with E-state index in [0.29, 0.717) is 0 Å². The van der Waals surface area contributed by atoms with E-state index in [1.54, 1.807) is 0 Å². The minimum atomic E-state index is 0.798. The molecule has 82 valence electrons. The van der Waals surface area contributed by atoms with Crippen LogP contribution in [0.15, 0.2) is 30.3 Å². The molecule has 2 N–H and O–H groups in total. The monoisotopic (exact) mass is 231 g/mol. The third-order valence-electron chi connectivity index (χ3n) is 2.87. The molecule has 0 radical (unpaired) electrons.